The predicted octanol–water partition coefficient (Wildman–Crippen LogP) is 4.54. The number of nitrogens with one attached hydrogen (secondary N) is 1. The van der Waals surface area contributed by atoms with E-state index in [1.807, 2.05) is 84.9 Å². The van der Waals surface area contributed by atoms with Crippen molar-refractivity contribution in [2.24, 2.45) is 4.99 Å². The number of hydrogen-bond acceptors (Lipinski definition) is 4. The van der Waals surface area contributed by atoms with Crippen molar-refractivity contribution in [3.05, 3.63) is 118 Å². The van der Waals surface area contributed by atoms with Gasteiger partial charge in [-0.2, -0.15) is 0 Å². The first-order valence-corrected chi connectivity index (χ1v) is 10.6. The zero-order chi connectivity index (χ0) is 22.3. The average Bonchev–Trinajstić information content (AvgIpc) is 2.82. The Bertz CT molecular complexity index is 1250. The predicted molar refractivity (Wildman–Crippen MR) is 127 cm³/mol. The van der Waals surface area contributed by atoms with Crippen molar-refractivity contribution >= 4 is 22.6 Å². The van der Waals surface area contributed by atoms with E-state index in [0.29, 0.717) is 5.71 Å². The highest BCUT2D eigenvalue weighted by atomic mass is 16.5. The van der Waals surface area contributed by atoms with Crippen LogP contribution in [0.5, 0.6) is 0 Å². The Balaban J connectivity index is 1.83. The highest BCUT2D eigenvalue weighted by Crippen LogP contribution is 2.20. The summed E-state index contributed by atoms with van der Waals surface area (Å²) in [6.45, 7) is 2.03. The lowest BCUT2D eigenvalue weighted by molar-refractivity contribution is -0.144. The number of carbonyl (C=O) groups is 1. The fourth-order valence-electron chi connectivity index (χ4n) is 3.74. The highest BCUT2D eigenvalue weighted by Gasteiger charge is 2.23. The van der Waals surface area contributed by atoms with E-state index in [1.54, 1.807) is 6.92 Å². The number of H-pyrrole nitrogens is 1. The van der Waals surface area contributed by atoms with Gasteiger partial charge in [0.15, 0.2) is 6.04 Å². The summed E-state index contributed by atoms with van der Waals surface area (Å²) in [4.78, 5) is 32.9. The van der Waals surface area contributed by atoms with Crippen LogP contribution < -0.4 is 5.56 Å². The molecular weight excluding hydrogens is 400 g/mol. The Labute approximate surface area is 186 Å². The first-order chi connectivity index (χ1) is 15.7. The molecule has 4 aromatic rings. The maximum atomic E-state index is 13.0. The van der Waals surface area contributed by atoms with Crippen LogP contribution >= 0.6 is 0 Å². The summed E-state index contributed by atoms with van der Waals surface area (Å²) in [7, 11) is 0. The van der Waals surface area contributed by atoms with E-state index in [0.717, 1.165) is 27.6 Å². The third kappa shape index (κ3) is 4.83. The summed E-state index contributed by atoms with van der Waals surface area (Å²) in [5, 5.41) is 0.887. The van der Waals surface area contributed by atoms with Crippen LogP contribution in [0.2, 0.25) is 0 Å². The van der Waals surface area contributed by atoms with E-state index < -0.39 is 12.0 Å². The van der Waals surface area contributed by atoms with Gasteiger partial charge in [-0.1, -0.05) is 78.9 Å². The second kappa shape index (κ2) is 9.88. The van der Waals surface area contributed by atoms with Gasteiger partial charge in [-0.15, -0.1) is 0 Å². The lowest BCUT2D eigenvalue weighted by Gasteiger charge is -2.16. The molecule has 1 N–H and O–H groups in total. The number of ether oxygens (including phenoxy) is 1. The van der Waals surface area contributed by atoms with Crippen LogP contribution in [0.4, 0.5) is 0 Å². The number of benzene rings is 3. The fourth-order valence-corrected chi connectivity index (χ4v) is 3.74. The number of rotatable bonds is 7. The van der Waals surface area contributed by atoms with E-state index >= 15 is 0 Å². The minimum absolute atomic E-state index is 0.211. The zero-order valence-corrected chi connectivity index (χ0v) is 17.8. The number of pyridine rings is 1. The van der Waals surface area contributed by atoms with Crippen LogP contribution in [0.1, 0.15) is 23.6 Å². The Hall–Kier alpha value is -3.99. The van der Waals surface area contributed by atoms with Crippen LogP contribution in [0.15, 0.2) is 101 Å². The highest BCUT2D eigenvalue weighted by molar-refractivity contribution is 6.13. The van der Waals surface area contributed by atoms with Gasteiger partial charge in [0.05, 0.1) is 12.3 Å². The smallest absolute Gasteiger partial charge is 0.331 e. The topological polar surface area (TPSA) is 71.5 Å². The van der Waals surface area contributed by atoms with Gasteiger partial charge >= 0.3 is 5.97 Å². The SMILES string of the molecule is CCOC(=O)C(Cc1cc(=O)[nH]c2ccccc12)N=C(c1ccccc1)c1ccccc1. The van der Waals surface area contributed by atoms with Gasteiger partial charge in [0.1, 0.15) is 0 Å². The zero-order valence-electron chi connectivity index (χ0n) is 17.8. The van der Waals surface area contributed by atoms with Gasteiger partial charge in [0, 0.05) is 34.5 Å². The molecule has 0 bridgehead atoms. The third-order valence-electron chi connectivity index (χ3n) is 5.19. The van der Waals surface area contributed by atoms with E-state index in [-0.39, 0.29) is 18.6 Å². The molecule has 0 saturated carbocycles. The van der Waals surface area contributed by atoms with E-state index in [4.69, 9.17) is 9.73 Å². The van der Waals surface area contributed by atoms with Gasteiger partial charge in [-0.3, -0.25) is 9.79 Å². The lowest BCUT2D eigenvalue weighted by atomic mass is 9.99. The van der Waals surface area contributed by atoms with Crippen molar-refractivity contribution in [1.29, 1.82) is 0 Å². The summed E-state index contributed by atoms with van der Waals surface area (Å²) < 4.78 is 5.36. The van der Waals surface area contributed by atoms with Crippen LogP contribution in [-0.2, 0) is 16.0 Å². The van der Waals surface area contributed by atoms with E-state index in [1.165, 1.54) is 6.07 Å². The average molecular weight is 425 g/mol. The van der Waals surface area contributed by atoms with Crippen molar-refractivity contribution < 1.29 is 9.53 Å². The summed E-state index contributed by atoms with van der Waals surface area (Å²) in [5.41, 5.74) is 3.79. The summed E-state index contributed by atoms with van der Waals surface area (Å²) in [6, 6.07) is 27.8. The van der Waals surface area contributed by atoms with Crippen molar-refractivity contribution in [2.75, 3.05) is 6.61 Å². The van der Waals surface area contributed by atoms with Crippen molar-refractivity contribution in [3.63, 3.8) is 0 Å². The molecule has 1 heterocycles. The first-order valence-electron chi connectivity index (χ1n) is 10.6. The van der Waals surface area contributed by atoms with Crippen LogP contribution in [0.3, 0.4) is 0 Å². The molecule has 5 nitrogen and oxygen atoms in total. The quantitative estimate of drug-likeness (QED) is 0.350. The molecular formula is C27H24N2O3. The maximum absolute atomic E-state index is 13.0. The number of para-hydroxylation sites is 1. The molecule has 1 unspecified atom stereocenters. The molecule has 5 heteroatoms. The summed E-state index contributed by atoms with van der Waals surface area (Å²) >= 11 is 0. The van der Waals surface area contributed by atoms with Crippen LogP contribution in [0.25, 0.3) is 10.9 Å². The number of esters is 1. The molecule has 0 aliphatic heterocycles. The number of aliphatic imine (C=N–C) groups is 1. The normalized spacial score (nSPS) is 11.7. The second-order valence-electron chi connectivity index (χ2n) is 7.39. The molecule has 3 aromatic carbocycles. The minimum atomic E-state index is -0.796. The van der Waals surface area contributed by atoms with Gasteiger partial charge < -0.3 is 9.72 Å². The molecule has 1 aromatic heterocycles. The van der Waals surface area contributed by atoms with Gasteiger partial charge in [-0.25, -0.2) is 4.79 Å². The van der Waals surface area contributed by atoms with Gasteiger partial charge in [0.25, 0.3) is 0 Å². The summed E-state index contributed by atoms with van der Waals surface area (Å²) in [6.07, 6.45) is 0.256. The number of carbonyl (C=O) groups excluding carboxylic acids is 1. The van der Waals surface area contributed by atoms with E-state index in [2.05, 4.69) is 4.98 Å². The molecule has 0 spiro atoms. The Kier molecular flexibility index (Phi) is 6.56. The van der Waals surface area contributed by atoms with Crippen LogP contribution in [0, 0.1) is 0 Å². The first kappa shape index (κ1) is 21.2. The maximum Gasteiger partial charge on any atom is 0.331 e. The number of hydrogen-bond donors (Lipinski definition) is 1. The second-order valence-corrected chi connectivity index (χ2v) is 7.39. The number of fused-ring (bicyclic) bond motifs is 1. The Morgan fingerprint density at radius 3 is 2.12 bits per heavy atom. The molecule has 0 fully saturated rings. The largest absolute Gasteiger partial charge is 0.464 e. The molecule has 0 saturated heterocycles. The monoisotopic (exact) mass is 424 g/mol. The minimum Gasteiger partial charge on any atom is -0.464 e. The lowest BCUT2D eigenvalue weighted by Crippen LogP contribution is -2.27. The van der Waals surface area contributed by atoms with E-state index in [9.17, 15) is 9.59 Å². The fraction of sp³-hybridized carbons (Fsp3) is 0.148. The molecule has 0 aliphatic carbocycles. The van der Waals surface area contributed by atoms with Crippen molar-refractivity contribution in [2.45, 2.75) is 19.4 Å². The Morgan fingerprint density at radius 2 is 1.50 bits per heavy atom. The van der Waals surface area contributed by atoms with Crippen molar-refractivity contribution in [3.8, 4) is 0 Å². The van der Waals surface area contributed by atoms with Gasteiger partial charge in [-0.05, 0) is 18.6 Å². The standard InChI is InChI=1S/C27H24N2O3/c1-2-32-27(31)24(17-21-18-25(30)28-23-16-10-9-15-22(21)23)29-26(19-11-5-3-6-12-19)20-13-7-4-8-14-20/h3-16,18,24H,2,17H2,1H3,(H,28,30). The molecule has 160 valence electrons. The molecule has 0 amide bonds. The summed E-state index contributed by atoms with van der Waals surface area (Å²) in [5.74, 6) is -0.416. The molecule has 0 radical (unpaired) electrons. The number of nitrogens with zero attached hydrogens (tertiary/aromatic N) is 1. The number of aromatic nitrogens is 1. The third-order valence-corrected chi connectivity index (χ3v) is 5.19. The molecule has 0 aliphatic rings. The van der Waals surface area contributed by atoms with Gasteiger partial charge in [0.2, 0.25) is 5.56 Å². The van der Waals surface area contributed by atoms with Crippen molar-refractivity contribution in [1.82, 2.24) is 4.98 Å². The number of aromatic amines is 1. The van der Waals surface area contributed by atoms with Crippen LogP contribution in [-0.4, -0.2) is 29.3 Å². The molecule has 32 heavy (non-hydrogen) atoms. The Morgan fingerprint density at radius 1 is 0.906 bits per heavy atom. The molecule has 4 rings (SSSR count). The molecule has 1 atom stereocenters.